The highest BCUT2D eigenvalue weighted by Gasteiger charge is 2.05. The highest BCUT2D eigenvalue weighted by molar-refractivity contribution is 7.80. The summed E-state index contributed by atoms with van der Waals surface area (Å²) in [4.78, 5) is 0.334. The van der Waals surface area contributed by atoms with Gasteiger partial charge in [0.15, 0.2) is 0 Å². The third-order valence-electron chi connectivity index (χ3n) is 2.68. The Balaban J connectivity index is 2.12. The summed E-state index contributed by atoms with van der Waals surface area (Å²) in [6.45, 7) is 0.441. The number of para-hydroxylation sites is 1. The van der Waals surface area contributed by atoms with Gasteiger partial charge in [-0.05, 0) is 29.8 Å². The second kappa shape index (κ2) is 6.20. The molecular weight excluding hydrogens is 258 g/mol. The lowest BCUT2D eigenvalue weighted by Crippen LogP contribution is -2.11. The Kier molecular flexibility index (Phi) is 4.36. The van der Waals surface area contributed by atoms with Crippen LogP contribution < -0.4 is 15.2 Å². The van der Waals surface area contributed by atoms with E-state index >= 15 is 0 Å². The third kappa shape index (κ3) is 3.45. The molecule has 3 nitrogen and oxygen atoms in total. The Morgan fingerprint density at radius 2 is 1.95 bits per heavy atom. The molecule has 0 bridgehead atoms. The van der Waals surface area contributed by atoms with Crippen molar-refractivity contribution in [1.82, 2.24) is 0 Å². The molecule has 0 atom stereocenters. The van der Waals surface area contributed by atoms with Crippen molar-refractivity contribution in [2.24, 2.45) is 5.73 Å². The minimum absolute atomic E-state index is 0.334. The second-order valence-electron chi connectivity index (χ2n) is 4.00. The van der Waals surface area contributed by atoms with Gasteiger partial charge in [-0.1, -0.05) is 36.5 Å². The van der Waals surface area contributed by atoms with E-state index in [1.54, 1.807) is 7.11 Å². The van der Waals surface area contributed by atoms with E-state index in [4.69, 9.17) is 27.4 Å². The van der Waals surface area contributed by atoms with Gasteiger partial charge in [-0.15, -0.1) is 0 Å². The van der Waals surface area contributed by atoms with Crippen LogP contribution in [0.4, 0.5) is 0 Å². The summed E-state index contributed by atoms with van der Waals surface area (Å²) in [7, 11) is 1.64. The highest BCUT2D eigenvalue weighted by atomic mass is 32.1. The van der Waals surface area contributed by atoms with Crippen LogP contribution in [0.5, 0.6) is 11.5 Å². The Labute approximate surface area is 118 Å². The first-order valence-corrected chi connectivity index (χ1v) is 6.26. The van der Waals surface area contributed by atoms with E-state index in [2.05, 4.69) is 0 Å². The smallest absolute Gasteiger partial charge is 0.129 e. The van der Waals surface area contributed by atoms with Crippen molar-refractivity contribution in [2.75, 3.05) is 7.11 Å². The summed E-state index contributed by atoms with van der Waals surface area (Å²) < 4.78 is 10.9. The monoisotopic (exact) mass is 273 g/mol. The first-order valence-electron chi connectivity index (χ1n) is 5.85. The maximum atomic E-state index is 5.76. The maximum absolute atomic E-state index is 5.76. The molecule has 98 valence electrons. The number of nitrogens with two attached hydrogens (primary N) is 1. The van der Waals surface area contributed by atoms with Crippen LogP contribution in [0, 0.1) is 0 Å². The zero-order chi connectivity index (χ0) is 13.7. The van der Waals surface area contributed by atoms with E-state index in [1.165, 1.54) is 0 Å². The van der Waals surface area contributed by atoms with Gasteiger partial charge in [0, 0.05) is 0 Å². The molecule has 0 spiro atoms. The summed E-state index contributed by atoms with van der Waals surface area (Å²) in [5.41, 5.74) is 7.44. The van der Waals surface area contributed by atoms with Gasteiger partial charge in [-0.2, -0.15) is 0 Å². The Morgan fingerprint density at radius 3 is 2.68 bits per heavy atom. The van der Waals surface area contributed by atoms with Gasteiger partial charge in [0.05, 0.1) is 12.7 Å². The van der Waals surface area contributed by atoms with E-state index in [-0.39, 0.29) is 0 Å². The molecule has 2 aromatic carbocycles. The van der Waals surface area contributed by atoms with Crippen LogP contribution in [-0.2, 0) is 6.61 Å². The average molecular weight is 273 g/mol. The van der Waals surface area contributed by atoms with Gasteiger partial charge in [-0.3, -0.25) is 0 Å². The third-order valence-corrected chi connectivity index (χ3v) is 2.90. The summed E-state index contributed by atoms with van der Waals surface area (Å²) in [6.07, 6.45) is 0. The van der Waals surface area contributed by atoms with Crippen LogP contribution in [0.25, 0.3) is 0 Å². The summed E-state index contributed by atoms with van der Waals surface area (Å²) >= 11 is 5.00. The lowest BCUT2D eigenvalue weighted by atomic mass is 10.2. The molecule has 2 rings (SSSR count). The van der Waals surface area contributed by atoms with Crippen LogP contribution in [0.15, 0.2) is 48.5 Å². The van der Waals surface area contributed by atoms with Crippen LogP contribution in [0.3, 0.4) is 0 Å². The molecule has 2 aromatic rings. The molecule has 0 unspecified atom stereocenters. The molecule has 0 saturated carbocycles. The predicted molar refractivity (Wildman–Crippen MR) is 79.7 cm³/mol. The van der Waals surface area contributed by atoms with Crippen molar-refractivity contribution in [2.45, 2.75) is 6.61 Å². The normalized spacial score (nSPS) is 9.95. The number of ether oxygens (including phenoxy) is 2. The van der Waals surface area contributed by atoms with Gasteiger partial charge >= 0.3 is 0 Å². The fourth-order valence-corrected chi connectivity index (χ4v) is 1.89. The minimum atomic E-state index is 0.334. The van der Waals surface area contributed by atoms with Crippen LogP contribution in [0.2, 0.25) is 0 Å². The number of hydrogen-bond acceptors (Lipinski definition) is 3. The quantitative estimate of drug-likeness (QED) is 0.851. The zero-order valence-corrected chi connectivity index (χ0v) is 11.4. The number of rotatable bonds is 5. The van der Waals surface area contributed by atoms with E-state index in [0.717, 1.165) is 16.9 Å². The molecule has 0 fully saturated rings. The Hall–Kier alpha value is -2.07. The van der Waals surface area contributed by atoms with E-state index in [0.29, 0.717) is 17.3 Å². The fraction of sp³-hybridized carbons (Fsp3) is 0.133. The summed E-state index contributed by atoms with van der Waals surface area (Å²) in [6, 6.07) is 15.2. The average Bonchev–Trinajstić information content (AvgIpc) is 2.45. The lowest BCUT2D eigenvalue weighted by Gasteiger charge is -2.11. The van der Waals surface area contributed by atoms with Gasteiger partial charge < -0.3 is 15.2 Å². The Morgan fingerprint density at radius 1 is 1.16 bits per heavy atom. The molecule has 4 heteroatoms. The van der Waals surface area contributed by atoms with Gasteiger partial charge in [-0.25, -0.2) is 0 Å². The molecule has 0 aromatic heterocycles. The first kappa shape index (κ1) is 13.4. The van der Waals surface area contributed by atoms with Crippen molar-refractivity contribution in [1.29, 1.82) is 0 Å². The summed E-state index contributed by atoms with van der Waals surface area (Å²) in [5, 5.41) is 0. The number of hydrogen-bond donors (Lipinski definition) is 1. The Bertz CT molecular complexity index is 584. The molecule has 0 aliphatic carbocycles. The molecule has 0 amide bonds. The predicted octanol–water partition coefficient (Wildman–Crippen LogP) is 2.91. The van der Waals surface area contributed by atoms with Crippen molar-refractivity contribution in [3.05, 3.63) is 59.7 Å². The minimum Gasteiger partial charge on any atom is -0.497 e. The molecule has 0 saturated heterocycles. The SMILES string of the molecule is COc1cccc(COc2ccccc2C(N)=S)c1. The fourth-order valence-electron chi connectivity index (χ4n) is 1.72. The largest absolute Gasteiger partial charge is 0.497 e. The van der Waals surface area contributed by atoms with Crippen LogP contribution in [-0.4, -0.2) is 12.1 Å². The molecular formula is C15H15NO2S. The number of methoxy groups -OCH3 is 1. The van der Waals surface area contributed by atoms with Gasteiger partial charge in [0.1, 0.15) is 23.1 Å². The second-order valence-corrected chi connectivity index (χ2v) is 4.44. The highest BCUT2D eigenvalue weighted by Crippen LogP contribution is 2.20. The summed E-state index contributed by atoms with van der Waals surface area (Å²) in [5.74, 6) is 1.50. The van der Waals surface area contributed by atoms with Gasteiger partial charge in [0.25, 0.3) is 0 Å². The molecule has 2 N–H and O–H groups in total. The van der Waals surface area contributed by atoms with E-state index < -0.39 is 0 Å². The number of benzene rings is 2. The standard InChI is InChI=1S/C15H15NO2S/c1-17-12-6-4-5-11(9-12)10-18-14-8-3-2-7-13(14)15(16)19/h2-9H,10H2,1H3,(H2,16,19). The molecule has 0 aliphatic heterocycles. The first-order chi connectivity index (χ1) is 9.20. The van der Waals surface area contributed by atoms with Crippen molar-refractivity contribution < 1.29 is 9.47 Å². The lowest BCUT2D eigenvalue weighted by molar-refractivity contribution is 0.304. The zero-order valence-electron chi connectivity index (χ0n) is 10.6. The topological polar surface area (TPSA) is 44.5 Å². The van der Waals surface area contributed by atoms with E-state index in [1.807, 2.05) is 48.5 Å². The molecule has 0 radical (unpaired) electrons. The van der Waals surface area contributed by atoms with Gasteiger partial charge in [0.2, 0.25) is 0 Å². The molecule has 0 heterocycles. The number of thiocarbonyl (C=S) groups is 1. The van der Waals surface area contributed by atoms with Crippen LogP contribution in [0.1, 0.15) is 11.1 Å². The maximum Gasteiger partial charge on any atom is 0.129 e. The van der Waals surface area contributed by atoms with Crippen molar-refractivity contribution >= 4 is 17.2 Å². The van der Waals surface area contributed by atoms with E-state index in [9.17, 15) is 0 Å². The van der Waals surface area contributed by atoms with Crippen molar-refractivity contribution in [3.8, 4) is 11.5 Å². The van der Waals surface area contributed by atoms with Crippen molar-refractivity contribution in [3.63, 3.8) is 0 Å². The van der Waals surface area contributed by atoms with Crippen LogP contribution >= 0.6 is 12.2 Å². The molecule has 19 heavy (non-hydrogen) atoms. The molecule has 0 aliphatic rings.